The van der Waals surface area contributed by atoms with Gasteiger partial charge >= 0.3 is 10.2 Å². The second-order valence-electron chi connectivity index (χ2n) is 11.1. The van der Waals surface area contributed by atoms with E-state index in [0.29, 0.717) is 33.8 Å². The number of nitrogens with one attached hydrogen (secondary N) is 1. The van der Waals surface area contributed by atoms with Gasteiger partial charge in [-0.05, 0) is 77.4 Å². The van der Waals surface area contributed by atoms with Crippen molar-refractivity contribution in [3.63, 3.8) is 0 Å². The zero-order valence-electron chi connectivity index (χ0n) is 23.7. The number of carbonyl (C=O) groups is 1. The van der Waals surface area contributed by atoms with Crippen LogP contribution in [0.1, 0.15) is 43.1 Å². The average Bonchev–Trinajstić information content (AvgIpc) is 3.52. The van der Waals surface area contributed by atoms with E-state index in [4.69, 9.17) is 28.2 Å². The maximum atomic E-state index is 12.3. The highest BCUT2D eigenvalue weighted by molar-refractivity contribution is 7.92. The smallest absolute Gasteiger partial charge is 0.303 e. The summed E-state index contributed by atoms with van der Waals surface area (Å²) in [6, 6.07) is 21.1. The first-order valence-corrected chi connectivity index (χ1v) is 16.2. The number of aromatic nitrogens is 2. The minimum absolute atomic E-state index is 0.234. The Balaban J connectivity index is 1.30. The van der Waals surface area contributed by atoms with Crippen molar-refractivity contribution in [2.75, 3.05) is 10.8 Å². The second-order valence-corrected chi connectivity index (χ2v) is 13.5. The number of nitrogens with zero attached hydrogens (tertiary/aromatic N) is 3. The summed E-state index contributed by atoms with van der Waals surface area (Å²) in [5, 5.41) is 1.05. The highest BCUT2D eigenvalue weighted by Gasteiger charge is 2.34. The number of imidazole rings is 1. The fraction of sp³-hybridized carbons (Fsp3) is 0.212. The van der Waals surface area contributed by atoms with Gasteiger partial charge in [-0.25, -0.2) is 14.0 Å². The number of hydrogen-bond acceptors (Lipinski definition) is 4. The normalized spacial score (nSPS) is 17.8. The second kappa shape index (κ2) is 11.7. The first-order chi connectivity index (χ1) is 20.6. The molecule has 0 radical (unpaired) electrons. The number of halogens is 2. The van der Waals surface area contributed by atoms with Gasteiger partial charge in [0.25, 0.3) is 5.91 Å². The minimum atomic E-state index is -3.89. The minimum Gasteiger partial charge on any atom is -0.303 e. The van der Waals surface area contributed by atoms with Gasteiger partial charge in [-0.3, -0.25) is 4.79 Å². The van der Waals surface area contributed by atoms with E-state index in [1.807, 2.05) is 33.7 Å². The SMILES string of the molecule is CC(C)c1cccc(C2=CCC(Cc3nc(-c4ccc(Cl)cc4Cl)cn3-c3ccc(N4CC(=O)NS4(=O)=O)cc3)C=C2)c1. The summed E-state index contributed by atoms with van der Waals surface area (Å²) in [4.78, 5) is 16.7. The Morgan fingerprint density at radius 3 is 2.44 bits per heavy atom. The third-order valence-corrected chi connectivity index (χ3v) is 9.70. The van der Waals surface area contributed by atoms with Gasteiger partial charge in [0.05, 0.1) is 16.4 Å². The lowest BCUT2D eigenvalue weighted by Crippen LogP contribution is -2.29. The molecule has 6 rings (SSSR count). The predicted molar refractivity (Wildman–Crippen MR) is 173 cm³/mol. The summed E-state index contributed by atoms with van der Waals surface area (Å²) < 4.78 is 29.7. The number of allylic oxidation sites excluding steroid dienone is 4. The summed E-state index contributed by atoms with van der Waals surface area (Å²) >= 11 is 12.7. The van der Waals surface area contributed by atoms with Crippen molar-refractivity contribution < 1.29 is 13.2 Å². The Morgan fingerprint density at radius 1 is 1.02 bits per heavy atom. The lowest BCUT2D eigenvalue weighted by Gasteiger charge is -2.18. The maximum absolute atomic E-state index is 12.3. The van der Waals surface area contributed by atoms with Gasteiger partial charge in [0, 0.05) is 28.9 Å². The Kier molecular flexibility index (Phi) is 7.94. The van der Waals surface area contributed by atoms with Crippen molar-refractivity contribution in [1.82, 2.24) is 14.3 Å². The zero-order chi connectivity index (χ0) is 30.3. The monoisotopic (exact) mass is 632 g/mol. The van der Waals surface area contributed by atoms with Crippen LogP contribution in [0.5, 0.6) is 0 Å². The maximum Gasteiger partial charge on any atom is 0.326 e. The third-order valence-electron chi connectivity index (χ3n) is 7.74. The molecule has 2 aliphatic rings. The topological polar surface area (TPSA) is 84.3 Å². The summed E-state index contributed by atoms with van der Waals surface area (Å²) in [5.41, 5.74) is 6.44. The van der Waals surface area contributed by atoms with Crippen molar-refractivity contribution in [3.05, 3.63) is 118 Å². The average molecular weight is 634 g/mol. The number of carbonyl (C=O) groups excluding carboxylic acids is 1. The van der Waals surface area contributed by atoms with E-state index in [1.54, 1.807) is 24.3 Å². The van der Waals surface area contributed by atoms with Crippen molar-refractivity contribution >= 4 is 50.6 Å². The van der Waals surface area contributed by atoms with E-state index in [-0.39, 0.29) is 12.5 Å². The molecule has 220 valence electrons. The lowest BCUT2D eigenvalue weighted by molar-refractivity contribution is -0.117. The van der Waals surface area contributed by atoms with Crippen LogP contribution in [0, 0.1) is 5.92 Å². The number of benzene rings is 3. The molecule has 7 nitrogen and oxygen atoms in total. The van der Waals surface area contributed by atoms with E-state index >= 15 is 0 Å². The largest absolute Gasteiger partial charge is 0.326 e. The van der Waals surface area contributed by atoms with Gasteiger partial charge in [-0.1, -0.05) is 79.5 Å². The third kappa shape index (κ3) is 6.13. The number of amides is 1. The van der Waals surface area contributed by atoms with Crippen LogP contribution in [0.2, 0.25) is 10.0 Å². The molecule has 1 atom stereocenters. The van der Waals surface area contributed by atoms with Crippen LogP contribution < -0.4 is 9.03 Å². The van der Waals surface area contributed by atoms with E-state index in [1.165, 1.54) is 16.7 Å². The molecule has 1 aliphatic carbocycles. The van der Waals surface area contributed by atoms with Crippen LogP contribution in [0.15, 0.2) is 91.2 Å². The van der Waals surface area contributed by atoms with E-state index in [2.05, 4.69) is 56.3 Å². The lowest BCUT2D eigenvalue weighted by atomic mass is 9.89. The van der Waals surface area contributed by atoms with Gasteiger partial charge < -0.3 is 4.57 Å². The van der Waals surface area contributed by atoms with Crippen LogP contribution in [0.4, 0.5) is 5.69 Å². The van der Waals surface area contributed by atoms with Crippen LogP contribution in [-0.2, 0) is 21.4 Å². The van der Waals surface area contributed by atoms with Crippen molar-refractivity contribution in [3.8, 4) is 16.9 Å². The molecule has 1 unspecified atom stereocenters. The molecule has 3 aromatic carbocycles. The van der Waals surface area contributed by atoms with Crippen molar-refractivity contribution in [2.24, 2.45) is 5.92 Å². The quantitative estimate of drug-likeness (QED) is 0.231. The van der Waals surface area contributed by atoms with E-state index in [9.17, 15) is 13.2 Å². The van der Waals surface area contributed by atoms with Crippen molar-refractivity contribution in [1.29, 1.82) is 0 Å². The first kappa shape index (κ1) is 29.2. The fourth-order valence-electron chi connectivity index (χ4n) is 5.41. The standard InChI is InChI=1S/C33H30Cl2N4O3S/c1-21(2)24-4-3-5-25(17-24)23-8-6-22(7-9-23)16-32-36-31(29-15-10-26(34)18-30(29)35)19-38(32)27-11-13-28(14-12-27)39-20-33(40)37-43(39,41)42/h3-6,8-15,17-19,21-22H,7,16,20H2,1-2H3,(H,37,40). The Labute approximate surface area is 261 Å². The summed E-state index contributed by atoms with van der Waals surface area (Å²) in [7, 11) is -3.89. The van der Waals surface area contributed by atoms with Gasteiger partial charge in [-0.2, -0.15) is 8.42 Å². The van der Waals surface area contributed by atoms with E-state index in [0.717, 1.165) is 27.8 Å². The number of anilines is 1. The van der Waals surface area contributed by atoms with Gasteiger partial charge in [0.15, 0.2) is 0 Å². The molecule has 4 aromatic rings. The molecule has 1 N–H and O–H groups in total. The molecule has 1 fully saturated rings. The summed E-state index contributed by atoms with van der Waals surface area (Å²) in [6.07, 6.45) is 10.2. The molecule has 2 heterocycles. The molecule has 1 aliphatic heterocycles. The molecule has 1 saturated heterocycles. The molecular weight excluding hydrogens is 603 g/mol. The fourth-order valence-corrected chi connectivity index (χ4v) is 7.07. The molecular formula is C33H30Cl2N4O3S. The van der Waals surface area contributed by atoms with Crippen LogP contribution in [0.3, 0.4) is 0 Å². The molecule has 0 spiro atoms. The zero-order valence-corrected chi connectivity index (χ0v) is 26.0. The Morgan fingerprint density at radius 2 is 1.79 bits per heavy atom. The van der Waals surface area contributed by atoms with Crippen molar-refractivity contribution in [2.45, 2.75) is 32.6 Å². The Bertz CT molecular complexity index is 1880. The Hall–Kier alpha value is -3.85. The van der Waals surface area contributed by atoms with Gasteiger partial charge in [0.2, 0.25) is 0 Å². The summed E-state index contributed by atoms with van der Waals surface area (Å²) in [5.74, 6) is 0.984. The van der Waals surface area contributed by atoms with Crippen LogP contribution >= 0.6 is 23.2 Å². The molecule has 0 bridgehead atoms. The summed E-state index contributed by atoms with van der Waals surface area (Å²) in [6.45, 7) is 4.16. The highest BCUT2D eigenvalue weighted by Crippen LogP contribution is 2.33. The van der Waals surface area contributed by atoms with E-state index < -0.39 is 16.1 Å². The molecule has 1 aromatic heterocycles. The van der Waals surface area contributed by atoms with Crippen LogP contribution in [0.25, 0.3) is 22.5 Å². The molecule has 43 heavy (non-hydrogen) atoms. The number of rotatable bonds is 7. The first-order valence-electron chi connectivity index (χ1n) is 14.0. The van der Waals surface area contributed by atoms with Gasteiger partial charge in [-0.15, -0.1) is 0 Å². The highest BCUT2D eigenvalue weighted by atomic mass is 35.5. The van der Waals surface area contributed by atoms with Gasteiger partial charge in [0.1, 0.15) is 12.4 Å². The predicted octanol–water partition coefficient (Wildman–Crippen LogP) is 7.35. The molecule has 10 heteroatoms. The van der Waals surface area contributed by atoms with Crippen LogP contribution in [-0.4, -0.2) is 30.4 Å². The number of hydrogen-bond donors (Lipinski definition) is 1. The molecule has 1 amide bonds. The molecule has 0 saturated carbocycles.